The van der Waals surface area contributed by atoms with E-state index in [0.29, 0.717) is 24.2 Å². The molecule has 41 heavy (non-hydrogen) atoms. The van der Waals surface area contributed by atoms with Crippen LogP contribution in [0.4, 0.5) is 5.82 Å². The molecular formula is C31H48N8O2. The molecule has 0 aliphatic carbocycles. The summed E-state index contributed by atoms with van der Waals surface area (Å²) in [4.78, 5) is 29.7. The molecule has 1 aromatic carbocycles. The quantitative estimate of drug-likeness (QED) is 0.106. The van der Waals surface area contributed by atoms with Crippen molar-refractivity contribution in [2.45, 2.75) is 78.6 Å². The van der Waals surface area contributed by atoms with Crippen LogP contribution >= 0.6 is 0 Å². The van der Waals surface area contributed by atoms with E-state index >= 15 is 0 Å². The van der Waals surface area contributed by atoms with E-state index in [1.165, 1.54) is 5.56 Å². The van der Waals surface area contributed by atoms with Gasteiger partial charge in [0.05, 0.1) is 11.9 Å². The van der Waals surface area contributed by atoms with Gasteiger partial charge < -0.3 is 20.4 Å². The van der Waals surface area contributed by atoms with Crippen LogP contribution in [0.3, 0.4) is 0 Å². The van der Waals surface area contributed by atoms with Gasteiger partial charge in [-0.1, -0.05) is 43.7 Å². The summed E-state index contributed by atoms with van der Waals surface area (Å²) >= 11 is 0. The number of piperazine rings is 1. The van der Waals surface area contributed by atoms with Gasteiger partial charge in [-0.15, -0.1) is 5.10 Å². The second kappa shape index (κ2) is 14.7. The number of ether oxygens (including phenoxy) is 1. The van der Waals surface area contributed by atoms with Crippen LogP contribution < -0.4 is 16.1 Å². The van der Waals surface area contributed by atoms with E-state index in [-0.39, 0.29) is 17.9 Å². The highest BCUT2D eigenvalue weighted by Gasteiger charge is 2.34. The molecular weight excluding hydrogens is 516 g/mol. The maximum absolute atomic E-state index is 12.6. The summed E-state index contributed by atoms with van der Waals surface area (Å²) in [6, 6.07) is 8.97. The fourth-order valence-electron chi connectivity index (χ4n) is 6.07. The third-order valence-electron chi connectivity index (χ3n) is 8.39. The molecule has 0 saturated carbocycles. The molecule has 2 aliphatic heterocycles. The van der Waals surface area contributed by atoms with Gasteiger partial charge in [-0.2, -0.15) is 0 Å². The average Bonchev–Trinajstić information content (AvgIpc) is 2.99. The number of aromatic nitrogens is 2. The van der Waals surface area contributed by atoms with Crippen LogP contribution in [-0.2, 0) is 4.74 Å². The van der Waals surface area contributed by atoms with E-state index < -0.39 is 0 Å². The van der Waals surface area contributed by atoms with Gasteiger partial charge in [0.2, 0.25) is 0 Å². The molecule has 0 bridgehead atoms. The van der Waals surface area contributed by atoms with E-state index in [0.717, 1.165) is 82.2 Å². The number of anilines is 1. The Morgan fingerprint density at radius 2 is 1.88 bits per heavy atom. The molecule has 0 radical (unpaired) electrons. The van der Waals surface area contributed by atoms with Crippen LogP contribution in [0.15, 0.2) is 35.6 Å². The standard InChI is InChI=1S/C31H48N8O2/c1-6-26-21-38(30-23(4)35-28(20-34-30)31(36-32)41-24(5)33-7-2)18-19-39(26)27-12-15-37(16-13-27)17-14-29(40)25-10-8-22(3)9-11-25/h8-11,20,24,26-27,33H,6-7,12-19,21,32H2,1-5H3/b36-31-. The largest absolute Gasteiger partial charge is 0.456 e. The topological polar surface area (TPSA) is 112 Å². The summed E-state index contributed by atoms with van der Waals surface area (Å²) in [5.41, 5.74) is 3.39. The van der Waals surface area contributed by atoms with Gasteiger partial charge in [-0.05, 0) is 59.7 Å². The Morgan fingerprint density at radius 3 is 2.51 bits per heavy atom. The van der Waals surface area contributed by atoms with Crippen molar-refractivity contribution in [3.8, 4) is 0 Å². The molecule has 2 atom stereocenters. The predicted octanol–water partition coefficient (Wildman–Crippen LogP) is 3.32. The first kappa shape index (κ1) is 30.9. The molecule has 2 aromatic rings. The minimum Gasteiger partial charge on any atom is -0.456 e. The number of carbonyl (C=O) groups excluding carboxylic acids is 1. The van der Waals surface area contributed by atoms with Crippen molar-refractivity contribution in [2.75, 3.05) is 50.7 Å². The number of Topliss-reactive ketones (excluding diaryl/α,β-unsaturated/α-hetero) is 1. The Bertz CT molecular complexity index is 1160. The lowest BCUT2D eigenvalue weighted by atomic mass is 9.97. The smallest absolute Gasteiger partial charge is 0.259 e. The highest BCUT2D eigenvalue weighted by atomic mass is 16.5. The number of nitrogens with two attached hydrogens (primary N) is 1. The first-order chi connectivity index (χ1) is 19.8. The fraction of sp³-hybridized carbons (Fsp3) is 0.613. The van der Waals surface area contributed by atoms with E-state index in [2.05, 4.69) is 32.0 Å². The van der Waals surface area contributed by atoms with Crippen LogP contribution in [-0.4, -0.2) is 95.6 Å². The molecule has 10 heteroatoms. The molecule has 0 spiro atoms. The number of nitrogens with zero attached hydrogens (tertiary/aromatic N) is 6. The maximum atomic E-state index is 12.6. The van der Waals surface area contributed by atoms with Gasteiger partial charge in [-0.25, -0.2) is 9.97 Å². The van der Waals surface area contributed by atoms with Crippen molar-refractivity contribution in [2.24, 2.45) is 10.9 Å². The number of likely N-dealkylation sites (tertiary alicyclic amines) is 1. The first-order valence-corrected chi connectivity index (χ1v) is 15.2. The first-order valence-electron chi connectivity index (χ1n) is 15.2. The molecule has 2 aliphatic rings. The number of rotatable bonds is 11. The molecule has 4 rings (SSSR count). The lowest BCUT2D eigenvalue weighted by Crippen LogP contribution is -2.58. The molecule has 2 fully saturated rings. The predicted molar refractivity (Wildman–Crippen MR) is 164 cm³/mol. The molecule has 2 unspecified atom stereocenters. The van der Waals surface area contributed by atoms with Crippen molar-refractivity contribution in [3.63, 3.8) is 0 Å². The summed E-state index contributed by atoms with van der Waals surface area (Å²) in [5, 5.41) is 6.99. The Morgan fingerprint density at radius 1 is 1.15 bits per heavy atom. The van der Waals surface area contributed by atoms with E-state index in [1.54, 1.807) is 6.20 Å². The highest BCUT2D eigenvalue weighted by Crippen LogP contribution is 2.27. The summed E-state index contributed by atoms with van der Waals surface area (Å²) in [6.07, 6.45) is 5.45. The van der Waals surface area contributed by atoms with E-state index in [4.69, 9.17) is 20.5 Å². The number of benzene rings is 1. The number of carbonyl (C=O) groups is 1. The van der Waals surface area contributed by atoms with Crippen LogP contribution in [0.5, 0.6) is 0 Å². The normalized spacial score (nSPS) is 20.3. The van der Waals surface area contributed by atoms with Gasteiger partial charge in [0.15, 0.2) is 5.78 Å². The molecule has 2 saturated heterocycles. The Hall–Kier alpha value is -3.08. The van der Waals surface area contributed by atoms with Gasteiger partial charge in [0.1, 0.15) is 17.7 Å². The zero-order chi connectivity index (χ0) is 29.4. The summed E-state index contributed by atoms with van der Waals surface area (Å²) in [7, 11) is 0. The van der Waals surface area contributed by atoms with Crippen molar-refractivity contribution in [1.29, 1.82) is 0 Å². The zero-order valence-electron chi connectivity index (χ0n) is 25.5. The SMILES string of the molecule is CCNC(C)O/C(=N\N)c1cnc(N2CCN(C3CCN(CCC(=O)c4ccc(C)cc4)CC3)C(CC)C2)c(C)n1. The monoisotopic (exact) mass is 564 g/mol. The minimum atomic E-state index is -0.226. The molecule has 3 N–H and O–H groups in total. The van der Waals surface area contributed by atoms with Crippen LogP contribution in [0.25, 0.3) is 0 Å². The third kappa shape index (κ3) is 8.02. The number of piperidine rings is 1. The van der Waals surface area contributed by atoms with Crippen LogP contribution in [0.1, 0.15) is 73.8 Å². The van der Waals surface area contributed by atoms with Crippen LogP contribution in [0, 0.1) is 13.8 Å². The lowest BCUT2D eigenvalue weighted by Gasteiger charge is -2.47. The van der Waals surface area contributed by atoms with Gasteiger partial charge >= 0.3 is 0 Å². The zero-order valence-corrected chi connectivity index (χ0v) is 25.5. The molecule has 224 valence electrons. The Kier molecular flexibility index (Phi) is 11.1. The third-order valence-corrected chi connectivity index (χ3v) is 8.39. The molecule has 3 heterocycles. The minimum absolute atomic E-state index is 0.226. The van der Waals surface area contributed by atoms with E-state index in [1.807, 2.05) is 52.0 Å². The number of hydrazone groups is 1. The maximum Gasteiger partial charge on any atom is 0.259 e. The molecule has 10 nitrogen and oxygen atoms in total. The van der Waals surface area contributed by atoms with Crippen LogP contribution in [0.2, 0.25) is 0 Å². The van der Waals surface area contributed by atoms with Crippen molar-refractivity contribution in [3.05, 3.63) is 53.0 Å². The Labute approximate surface area is 245 Å². The van der Waals surface area contributed by atoms with Gasteiger partial charge in [0.25, 0.3) is 5.90 Å². The fourth-order valence-corrected chi connectivity index (χ4v) is 6.07. The average molecular weight is 565 g/mol. The van der Waals surface area contributed by atoms with Crippen molar-refractivity contribution >= 4 is 17.5 Å². The number of ketones is 1. The lowest BCUT2D eigenvalue weighted by molar-refractivity contribution is 0.0618. The van der Waals surface area contributed by atoms with Gasteiger partial charge in [-0.3, -0.25) is 15.0 Å². The highest BCUT2D eigenvalue weighted by molar-refractivity contribution is 5.96. The summed E-state index contributed by atoms with van der Waals surface area (Å²) in [6.45, 7) is 16.8. The van der Waals surface area contributed by atoms with Crippen molar-refractivity contribution in [1.82, 2.24) is 25.1 Å². The Balaban J connectivity index is 1.29. The number of aryl methyl sites for hydroxylation is 2. The number of hydrogen-bond acceptors (Lipinski definition) is 10. The molecule has 1 aromatic heterocycles. The summed E-state index contributed by atoms with van der Waals surface area (Å²) in [5.74, 6) is 7.04. The summed E-state index contributed by atoms with van der Waals surface area (Å²) < 4.78 is 5.81. The van der Waals surface area contributed by atoms with Crippen molar-refractivity contribution < 1.29 is 9.53 Å². The second-order valence-corrected chi connectivity index (χ2v) is 11.3. The second-order valence-electron chi connectivity index (χ2n) is 11.3. The van der Waals surface area contributed by atoms with E-state index in [9.17, 15) is 4.79 Å². The number of nitrogens with one attached hydrogen (secondary N) is 1. The molecule has 0 amide bonds. The number of hydrogen-bond donors (Lipinski definition) is 2. The van der Waals surface area contributed by atoms with Gasteiger partial charge in [0, 0.05) is 50.2 Å².